The van der Waals surface area contributed by atoms with Crippen LogP contribution in [0.3, 0.4) is 0 Å². The maximum Gasteiger partial charge on any atom is 0.320 e. The summed E-state index contributed by atoms with van der Waals surface area (Å²) in [5.41, 5.74) is 6.74. The lowest BCUT2D eigenvalue weighted by Crippen LogP contribution is -2.32. The standard InChI is InChI=1S/C17H15NO2.ClH/c18-16(17(19)20)10-15-13-7-3-1-5-11(13)9-12-6-2-4-8-14(12)15;/h1-9,16H,10,18H2,(H,19,20);1H/t16-;/m0./s1. The molecule has 0 saturated carbocycles. The molecule has 108 valence electrons. The fourth-order valence-electron chi connectivity index (χ4n) is 2.64. The highest BCUT2D eigenvalue weighted by molar-refractivity contribution is 6.02. The van der Waals surface area contributed by atoms with E-state index < -0.39 is 12.0 Å². The molecule has 0 saturated heterocycles. The highest BCUT2D eigenvalue weighted by Gasteiger charge is 2.16. The molecule has 0 aliphatic carbocycles. The van der Waals surface area contributed by atoms with Gasteiger partial charge in [0.25, 0.3) is 0 Å². The third-order valence-electron chi connectivity index (χ3n) is 3.62. The molecule has 0 amide bonds. The third-order valence-corrected chi connectivity index (χ3v) is 3.62. The van der Waals surface area contributed by atoms with Crippen molar-refractivity contribution in [1.29, 1.82) is 0 Å². The molecule has 0 aromatic heterocycles. The van der Waals surface area contributed by atoms with E-state index in [9.17, 15) is 4.79 Å². The van der Waals surface area contributed by atoms with E-state index in [0.29, 0.717) is 6.42 Å². The molecule has 1 atom stereocenters. The van der Waals surface area contributed by atoms with Gasteiger partial charge in [-0.1, -0.05) is 48.5 Å². The predicted octanol–water partition coefficient (Wildman–Crippen LogP) is 3.37. The number of hydrogen-bond acceptors (Lipinski definition) is 2. The molecule has 0 radical (unpaired) electrons. The summed E-state index contributed by atoms with van der Waals surface area (Å²) >= 11 is 0. The predicted molar refractivity (Wildman–Crippen MR) is 88.0 cm³/mol. The van der Waals surface area contributed by atoms with Gasteiger partial charge in [-0.3, -0.25) is 4.79 Å². The first-order valence-corrected chi connectivity index (χ1v) is 6.54. The van der Waals surface area contributed by atoms with Crippen molar-refractivity contribution < 1.29 is 9.90 Å². The summed E-state index contributed by atoms with van der Waals surface area (Å²) < 4.78 is 0. The fourth-order valence-corrected chi connectivity index (χ4v) is 2.64. The molecule has 0 unspecified atom stereocenters. The van der Waals surface area contributed by atoms with Crippen LogP contribution in [0.4, 0.5) is 0 Å². The summed E-state index contributed by atoms with van der Waals surface area (Å²) in [5.74, 6) is -0.970. The van der Waals surface area contributed by atoms with Crippen LogP contribution in [0.25, 0.3) is 21.5 Å². The molecule has 0 spiro atoms. The Morgan fingerprint density at radius 3 is 1.95 bits per heavy atom. The SMILES string of the molecule is Cl.N[C@@H](Cc1c2ccccc2cc2ccccc12)C(=O)O. The second-order valence-corrected chi connectivity index (χ2v) is 4.95. The minimum absolute atomic E-state index is 0. The van der Waals surface area contributed by atoms with E-state index in [-0.39, 0.29) is 12.4 Å². The zero-order chi connectivity index (χ0) is 14.1. The van der Waals surface area contributed by atoms with E-state index in [2.05, 4.69) is 6.07 Å². The van der Waals surface area contributed by atoms with Gasteiger partial charge in [0.1, 0.15) is 6.04 Å². The number of nitrogens with two attached hydrogens (primary N) is 1. The van der Waals surface area contributed by atoms with Crippen LogP contribution in [-0.2, 0) is 11.2 Å². The Balaban J connectivity index is 0.00000161. The smallest absolute Gasteiger partial charge is 0.320 e. The average molecular weight is 302 g/mol. The van der Waals surface area contributed by atoms with E-state index in [1.165, 1.54) is 0 Å². The Bertz CT molecular complexity index is 747. The summed E-state index contributed by atoms with van der Waals surface area (Å²) in [4.78, 5) is 11.1. The Labute approximate surface area is 128 Å². The van der Waals surface area contributed by atoms with E-state index in [1.807, 2.05) is 48.5 Å². The van der Waals surface area contributed by atoms with Crippen molar-refractivity contribution in [1.82, 2.24) is 0 Å². The lowest BCUT2D eigenvalue weighted by molar-refractivity contribution is -0.138. The maximum absolute atomic E-state index is 11.1. The molecule has 3 aromatic carbocycles. The molecule has 0 bridgehead atoms. The summed E-state index contributed by atoms with van der Waals surface area (Å²) in [6.07, 6.45) is 0.331. The van der Waals surface area contributed by atoms with Crippen LogP contribution in [-0.4, -0.2) is 17.1 Å². The molecule has 0 aliphatic heterocycles. The Morgan fingerprint density at radius 1 is 1.00 bits per heavy atom. The number of halogens is 1. The summed E-state index contributed by atoms with van der Waals surface area (Å²) in [7, 11) is 0. The summed E-state index contributed by atoms with van der Waals surface area (Å²) in [6.45, 7) is 0. The molecule has 0 aliphatic rings. The molecule has 0 fully saturated rings. The molecule has 3 nitrogen and oxygen atoms in total. The number of rotatable bonds is 3. The molecule has 3 rings (SSSR count). The number of carbonyl (C=O) groups is 1. The van der Waals surface area contributed by atoms with Crippen molar-refractivity contribution in [2.45, 2.75) is 12.5 Å². The van der Waals surface area contributed by atoms with Crippen LogP contribution in [0.15, 0.2) is 54.6 Å². The van der Waals surface area contributed by atoms with Crippen molar-refractivity contribution in [2.24, 2.45) is 5.73 Å². The Hall–Kier alpha value is -2.10. The third kappa shape index (κ3) is 2.84. The van der Waals surface area contributed by atoms with Crippen LogP contribution in [0, 0.1) is 0 Å². The first-order valence-electron chi connectivity index (χ1n) is 6.54. The van der Waals surface area contributed by atoms with Gasteiger partial charge in [0.15, 0.2) is 0 Å². The van der Waals surface area contributed by atoms with E-state index >= 15 is 0 Å². The van der Waals surface area contributed by atoms with Gasteiger partial charge in [-0.15, -0.1) is 12.4 Å². The van der Waals surface area contributed by atoms with Crippen LogP contribution < -0.4 is 5.73 Å². The number of carboxylic acids is 1. The first kappa shape index (κ1) is 15.3. The van der Waals surface area contributed by atoms with Gasteiger partial charge < -0.3 is 10.8 Å². The van der Waals surface area contributed by atoms with E-state index in [1.54, 1.807) is 0 Å². The van der Waals surface area contributed by atoms with Gasteiger partial charge in [0, 0.05) is 0 Å². The Morgan fingerprint density at radius 2 is 1.48 bits per heavy atom. The van der Waals surface area contributed by atoms with Crippen LogP contribution in [0.5, 0.6) is 0 Å². The normalized spacial score (nSPS) is 12.0. The van der Waals surface area contributed by atoms with Crippen molar-refractivity contribution in [3.63, 3.8) is 0 Å². The molecular formula is C17H16ClNO2. The van der Waals surface area contributed by atoms with Gasteiger partial charge in [-0.25, -0.2) is 0 Å². The van der Waals surface area contributed by atoms with Crippen LogP contribution >= 0.6 is 12.4 Å². The zero-order valence-corrected chi connectivity index (χ0v) is 12.1. The van der Waals surface area contributed by atoms with E-state index in [4.69, 9.17) is 10.8 Å². The van der Waals surface area contributed by atoms with Crippen molar-refractivity contribution in [3.05, 3.63) is 60.2 Å². The van der Waals surface area contributed by atoms with Crippen LogP contribution in [0.1, 0.15) is 5.56 Å². The Kier molecular flexibility index (Phi) is 4.46. The molecule has 4 heteroatoms. The molecule has 3 aromatic rings. The minimum Gasteiger partial charge on any atom is -0.480 e. The first-order chi connectivity index (χ1) is 9.66. The minimum atomic E-state index is -0.970. The average Bonchev–Trinajstić information content (AvgIpc) is 2.46. The number of fused-ring (bicyclic) bond motifs is 2. The quantitative estimate of drug-likeness (QED) is 0.729. The molecule has 3 N–H and O–H groups in total. The molecular weight excluding hydrogens is 286 g/mol. The van der Waals surface area contributed by atoms with Crippen LogP contribution in [0.2, 0.25) is 0 Å². The van der Waals surface area contributed by atoms with Gasteiger partial charge in [-0.05, 0) is 39.6 Å². The van der Waals surface area contributed by atoms with E-state index in [0.717, 1.165) is 27.1 Å². The second-order valence-electron chi connectivity index (χ2n) is 4.95. The number of carboxylic acid groups (broad SMARTS) is 1. The van der Waals surface area contributed by atoms with Crippen molar-refractivity contribution >= 4 is 39.9 Å². The summed E-state index contributed by atoms with van der Waals surface area (Å²) in [5, 5.41) is 13.4. The zero-order valence-electron chi connectivity index (χ0n) is 11.3. The molecule has 0 heterocycles. The largest absolute Gasteiger partial charge is 0.480 e. The second kappa shape index (κ2) is 6.12. The van der Waals surface area contributed by atoms with Gasteiger partial charge in [-0.2, -0.15) is 0 Å². The molecule has 21 heavy (non-hydrogen) atoms. The van der Waals surface area contributed by atoms with Gasteiger partial charge in [0.05, 0.1) is 0 Å². The number of hydrogen-bond donors (Lipinski definition) is 2. The number of benzene rings is 3. The maximum atomic E-state index is 11.1. The van der Waals surface area contributed by atoms with Crippen molar-refractivity contribution in [3.8, 4) is 0 Å². The lowest BCUT2D eigenvalue weighted by atomic mass is 9.93. The summed E-state index contributed by atoms with van der Waals surface area (Å²) in [6, 6.07) is 17.3. The monoisotopic (exact) mass is 301 g/mol. The van der Waals surface area contributed by atoms with Gasteiger partial charge in [0.2, 0.25) is 0 Å². The van der Waals surface area contributed by atoms with Crippen molar-refractivity contribution in [2.75, 3.05) is 0 Å². The highest BCUT2D eigenvalue weighted by Crippen LogP contribution is 2.29. The highest BCUT2D eigenvalue weighted by atomic mass is 35.5. The lowest BCUT2D eigenvalue weighted by Gasteiger charge is -2.13. The fraction of sp³-hybridized carbons (Fsp3) is 0.118. The topological polar surface area (TPSA) is 63.3 Å². The van der Waals surface area contributed by atoms with Gasteiger partial charge >= 0.3 is 5.97 Å². The number of aliphatic carboxylic acids is 1.